The van der Waals surface area contributed by atoms with Crippen molar-refractivity contribution in [2.24, 2.45) is 52.3 Å². The van der Waals surface area contributed by atoms with Gasteiger partial charge < -0.3 is 37.2 Å². The summed E-state index contributed by atoms with van der Waals surface area (Å²) in [4.78, 5) is 0. The highest BCUT2D eigenvalue weighted by atomic mass is 14.9. The van der Waals surface area contributed by atoms with Crippen LogP contribution < -0.4 is 37.2 Å². The molecule has 4 rings (SSSR count). The average molecular weight is 758 g/mol. The number of rotatable bonds is 17. The predicted octanol–water partition coefficient (Wildman–Crippen LogP) is 8.31. The van der Waals surface area contributed by atoms with Gasteiger partial charge in [0.05, 0.1) is 0 Å². The third-order valence-corrected chi connectivity index (χ3v) is 12.9. The summed E-state index contributed by atoms with van der Waals surface area (Å²) in [6.45, 7) is 22.2. The van der Waals surface area contributed by atoms with Gasteiger partial charge in [0.15, 0.2) is 0 Å². The molecule has 3 aliphatic rings. The van der Waals surface area contributed by atoms with Crippen LogP contribution in [0.2, 0.25) is 0 Å². The predicted molar refractivity (Wildman–Crippen MR) is 240 cm³/mol. The van der Waals surface area contributed by atoms with Crippen molar-refractivity contribution in [3.8, 4) is 0 Å². The lowest BCUT2D eigenvalue weighted by molar-refractivity contribution is 0.0537. The van der Waals surface area contributed by atoms with E-state index in [0.717, 1.165) is 54.5 Å². The second kappa shape index (κ2) is 29.2. The molecule has 0 radical (unpaired) electrons. The van der Waals surface area contributed by atoms with Crippen LogP contribution in [-0.4, -0.2) is 82.1 Å². The minimum absolute atomic E-state index is 0.525. The van der Waals surface area contributed by atoms with Crippen LogP contribution in [0.3, 0.4) is 0 Å². The Morgan fingerprint density at radius 3 is 1.41 bits per heavy atom. The van der Waals surface area contributed by atoms with Crippen LogP contribution in [0.15, 0.2) is 24.3 Å². The van der Waals surface area contributed by atoms with E-state index in [9.17, 15) is 0 Å². The van der Waals surface area contributed by atoms with Crippen LogP contribution >= 0.6 is 0 Å². The Bertz CT molecular complexity index is 976. The van der Waals surface area contributed by atoms with Gasteiger partial charge in [-0.05, 0) is 190 Å². The SMILES string of the molecule is CCC1CC(C)(C)CC(C)(CNC)C1.CCC1CC(CNC)C(CNC)CC1CC.CNCC1CCCC(CNC)C1.CNCc1cccc(CNC)c1. The molecule has 0 aliphatic heterocycles. The van der Waals surface area contributed by atoms with Gasteiger partial charge in [-0.15, -0.1) is 0 Å². The van der Waals surface area contributed by atoms with E-state index in [1.54, 1.807) is 0 Å². The molecule has 3 saturated carbocycles. The van der Waals surface area contributed by atoms with E-state index in [0.29, 0.717) is 10.8 Å². The van der Waals surface area contributed by atoms with E-state index in [1.165, 1.54) is 121 Å². The molecule has 8 atom stereocenters. The Hall–Kier alpha value is -1.06. The van der Waals surface area contributed by atoms with E-state index >= 15 is 0 Å². The van der Waals surface area contributed by atoms with Crippen molar-refractivity contribution in [3.63, 3.8) is 0 Å². The summed E-state index contributed by atoms with van der Waals surface area (Å²) < 4.78 is 0. The molecule has 54 heavy (non-hydrogen) atoms. The molecule has 0 heterocycles. The first-order valence-electron chi connectivity index (χ1n) is 22.5. The molecule has 8 unspecified atom stereocenters. The van der Waals surface area contributed by atoms with Crippen molar-refractivity contribution in [1.82, 2.24) is 37.2 Å². The van der Waals surface area contributed by atoms with Crippen molar-refractivity contribution in [2.75, 3.05) is 82.1 Å². The van der Waals surface area contributed by atoms with Gasteiger partial charge in [0.2, 0.25) is 0 Å². The first-order valence-corrected chi connectivity index (χ1v) is 22.5. The number of nitrogens with one attached hydrogen (secondary N) is 7. The molecule has 3 aliphatic carbocycles. The molecule has 1 aromatic carbocycles. The molecule has 0 aromatic heterocycles. The van der Waals surface area contributed by atoms with Gasteiger partial charge >= 0.3 is 0 Å². The maximum atomic E-state index is 3.38. The van der Waals surface area contributed by atoms with Crippen molar-refractivity contribution < 1.29 is 0 Å². The van der Waals surface area contributed by atoms with Gasteiger partial charge in [-0.3, -0.25) is 0 Å². The zero-order valence-electron chi connectivity index (χ0n) is 38.3. The number of benzene rings is 1. The topological polar surface area (TPSA) is 84.2 Å². The molecule has 7 N–H and O–H groups in total. The zero-order chi connectivity index (χ0) is 40.4. The van der Waals surface area contributed by atoms with E-state index in [4.69, 9.17) is 0 Å². The van der Waals surface area contributed by atoms with Crippen molar-refractivity contribution in [3.05, 3.63) is 35.4 Å². The van der Waals surface area contributed by atoms with Gasteiger partial charge in [-0.25, -0.2) is 0 Å². The Morgan fingerprint density at radius 1 is 0.537 bits per heavy atom. The summed E-state index contributed by atoms with van der Waals surface area (Å²) in [6.07, 6.45) is 16.9. The molecule has 3 fully saturated rings. The normalized spacial score (nSPS) is 29.1. The Labute approximate surface area is 337 Å². The zero-order valence-corrected chi connectivity index (χ0v) is 38.3. The van der Waals surface area contributed by atoms with Crippen LogP contribution in [0.5, 0.6) is 0 Å². The Balaban J connectivity index is 0.000000362. The fourth-order valence-electron chi connectivity index (χ4n) is 10.9. The minimum Gasteiger partial charge on any atom is -0.319 e. The van der Waals surface area contributed by atoms with Crippen molar-refractivity contribution in [1.29, 1.82) is 0 Å². The number of hydrogen-bond acceptors (Lipinski definition) is 7. The Morgan fingerprint density at radius 2 is 1.02 bits per heavy atom. The van der Waals surface area contributed by atoms with Crippen LogP contribution in [0, 0.1) is 52.3 Å². The largest absolute Gasteiger partial charge is 0.319 e. The molecule has 1 aromatic rings. The minimum atomic E-state index is 0.525. The standard InChI is InChI=1S/C14H30N2.C13H27N.C10H22N2.C10H16N2/c1-5-11-7-13(9-15-3)14(10-16-4)8-12(11)6-2;1-6-11-7-12(2,3)9-13(4,8-11)10-14-5;2*1-11-7-9-4-3-5-10(6-9)8-12-2/h11-16H,5-10H2,1-4H3;11,14H,6-10H2,1-5H3;9-12H,3-8H2,1-2H3;3-6,11-12H,7-8H2,1-2H3. The molecular weight excluding hydrogens is 663 g/mol. The molecule has 0 amide bonds. The van der Waals surface area contributed by atoms with Gasteiger partial charge in [0.1, 0.15) is 0 Å². The average Bonchev–Trinajstić information content (AvgIpc) is 3.13. The second-order valence-electron chi connectivity index (χ2n) is 18.7. The fraction of sp³-hybridized carbons (Fsp3) is 0.872. The van der Waals surface area contributed by atoms with Crippen LogP contribution in [-0.2, 0) is 13.1 Å². The third kappa shape index (κ3) is 20.4. The quantitative estimate of drug-likeness (QED) is 0.0862. The summed E-state index contributed by atoms with van der Waals surface area (Å²) in [5, 5.41) is 22.9. The monoisotopic (exact) mass is 758 g/mol. The molecule has 0 bridgehead atoms. The van der Waals surface area contributed by atoms with Crippen molar-refractivity contribution >= 4 is 0 Å². The van der Waals surface area contributed by atoms with Gasteiger partial charge in [-0.2, -0.15) is 0 Å². The molecule has 0 saturated heterocycles. The summed E-state index contributed by atoms with van der Waals surface area (Å²) >= 11 is 0. The summed E-state index contributed by atoms with van der Waals surface area (Å²) in [7, 11) is 14.3. The van der Waals surface area contributed by atoms with Gasteiger partial charge in [0.25, 0.3) is 0 Å². The lowest BCUT2D eigenvalue weighted by Crippen LogP contribution is -2.41. The molecule has 318 valence electrons. The second-order valence-corrected chi connectivity index (χ2v) is 18.7. The lowest BCUT2D eigenvalue weighted by Gasteiger charge is -2.46. The summed E-state index contributed by atoms with van der Waals surface area (Å²) in [5.41, 5.74) is 3.75. The summed E-state index contributed by atoms with van der Waals surface area (Å²) in [6, 6.07) is 8.58. The van der Waals surface area contributed by atoms with Crippen LogP contribution in [0.1, 0.15) is 130 Å². The summed E-state index contributed by atoms with van der Waals surface area (Å²) in [5.74, 6) is 6.50. The molecule has 7 heteroatoms. The van der Waals surface area contributed by atoms with Gasteiger partial charge in [0, 0.05) is 19.6 Å². The molecular formula is C47H95N7. The van der Waals surface area contributed by atoms with E-state index in [2.05, 4.69) is 138 Å². The van der Waals surface area contributed by atoms with E-state index in [-0.39, 0.29) is 0 Å². The number of hydrogen-bond donors (Lipinski definition) is 7. The molecule has 0 spiro atoms. The first-order chi connectivity index (χ1) is 25.9. The first kappa shape index (κ1) is 51.0. The van der Waals surface area contributed by atoms with E-state index < -0.39 is 0 Å². The highest BCUT2D eigenvalue weighted by molar-refractivity contribution is 5.23. The Kier molecular flexibility index (Phi) is 27.6. The van der Waals surface area contributed by atoms with Crippen LogP contribution in [0.25, 0.3) is 0 Å². The van der Waals surface area contributed by atoms with E-state index in [1.807, 2.05) is 14.1 Å². The maximum absolute atomic E-state index is 3.38. The third-order valence-electron chi connectivity index (χ3n) is 12.9. The van der Waals surface area contributed by atoms with Gasteiger partial charge in [-0.1, -0.05) is 91.5 Å². The molecule has 7 nitrogen and oxygen atoms in total. The lowest BCUT2D eigenvalue weighted by atomic mass is 9.60. The highest BCUT2D eigenvalue weighted by Crippen LogP contribution is 2.49. The highest BCUT2D eigenvalue weighted by Gasteiger charge is 2.40. The van der Waals surface area contributed by atoms with Crippen LogP contribution in [0.4, 0.5) is 0 Å². The fourth-order valence-corrected chi connectivity index (χ4v) is 10.9. The smallest absolute Gasteiger partial charge is 0.0202 e. The van der Waals surface area contributed by atoms with Crippen molar-refractivity contribution in [2.45, 2.75) is 132 Å². The maximum Gasteiger partial charge on any atom is 0.0202 e.